The van der Waals surface area contributed by atoms with Gasteiger partial charge in [-0.05, 0) is 42.7 Å². The number of aliphatic hydroxyl groups excluding tert-OH is 1. The molecule has 1 aromatic heterocycles. The molecular weight excluding hydrogens is 260 g/mol. The van der Waals surface area contributed by atoms with Crippen molar-refractivity contribution in [2.24, 2.45) is 5.92 Å². The smallest absolute Gasteiger partial charge is 0.334 e. The molecule has 19 heavy (non-hydrogen) atoms. The number of aliphatic hydroxyl groups is 1. The number of aryl methyl sites for hydroxylation is 2. The molecule has 0 aromatic carbocycles. The minimum Gasteiger partial charge on any atom is -0.512 e. The first kappa shape index (κ1) is 14.1. The molecule has 0 unspecified atom stereocenters. The Bertz CT molecular complexity index is 501. The molecular formula is C15H20O3S. The summed E-state index contributed by atoms with van der Waals surface area (Å²) in [6.45, 7) is 6.17. The SMILES string of the molecule is Cc1sccc1CC[C@@]1(C(C)C)CC(O)=CC(=O)O1. The molecule has 3 nitrogen and oxygen atoms in total. The third-order valence-electron chi connectivity index (χ3n) is 3.90. The quantitative estimate of drug-likeness (QED) is 0.854. The van der Waals surface area contributed by atoms with Crippen LogP contribution in [0.5, 0.6) is 0 Å². The molecule has 0 saturated heterocycles. The fourth-order valence-electron chi connectivity index (χ4n) is 2.53. The lowest BCUT2D eigenvalue weighted by Crippen LogP contribution is -2.43. The standard InChI is InChI=1S/C15H20O3S/c1-10(2)15(9-13(16)8-14(17)18-15)6-4-12-5-7-19-11(12)3/h5,7-8,10,16H,4,6,9H2,1-3H3/t15-/m0/s1. The van der Waals surface area contributed by atoms with Crippen LogP contribution in [0.3, 0.4) is 0 Å². The zero-order chi connectivity index (χ0) is 14.0. The molecule has 4 heteroatoms. The fourth-order valence-corrected chi connectivity index (χ4v) is 3.28. The summed E-state index contributed by atoms with van der Waals surface area (Å²) in [6, 6.07) is 2.12. The highest BCUT2D eigenvalue weighted by Crippen LogP contribution is 2.37. The van der Waals surface area contributed by atoms with E-state index in [0.29, 0.717) is 6.42 Å². The average Bonchev–Trinajstić information content (AvgIpc) is 2.71. The lowest BCUT2D eigenvalue weighted by Gasteiger charge is -2.39. The van der Waals surface area contributed by atoms with Crippen LogP contribution in [0.2, 0.25) is 0 Å². The van der Waals surface area contributed by atoms with Gasteiger partial charge in [0, 0.05) is 11.3 Å². The number of hydrogen-bond acceptors (Lipinski definition) is 4. The maximum absolute atomic E-state index is 11.6. The minimum absolute atomic E-state index is 0.131. The molecule has 1 atom stereocenters. The van der Waals surface area contributed by atoms with Crippen LogP contribution in [0.25, 0.3) is 0 Å². The number of hydrogen-bond donors (Lipinski definition) is 1. The Morgan fingerprint density at radius 1 is 1.53 bits per heavy atom. The van der Waals surface area contributed by atoms with E-state index in [2.05, 4.69) is 18.4 Å². The van der Waals surface area contributed by atoms with E-state index in [-0.39, 0.29) is 11.7 Å². The predicted molar refractivity (Wildman–Crippen MR) is 76.4 cm³/mol. The van der Waals surface area contributed by atoms with Gasteiger partial charge in [0.05, 0.1) is 6.08 Å². The van der Waals surface area contributed by atoms with E-state index in [4.69, 9.17) is 4.74 Å². The Balaban J connectivity index is 2.15. The molecule has 1 aliphatic rings. The first-order valence-electron chi connectivity index (χ1n) is 6.58. The van der Waals surface area contributed by atoms with Crippen LogP contribution in [0, 0.1) is 12.8 Å². The van der Waals surface area contributed by atoms with E-state index >= 15 is 0 Å². The Morgan fingerprint density at radius 2 is 2.26 bits per heavy atom. The fraction of sp³-hybridized carbons (Fsp3) is 0.533. The molecule has 104 valence electrons. The number of carbonyl (C=O) groups is 1. The molecule has 0 bridgehead atoms. The molecule has 0 spiro atoms. The lowest BCUT2D eigenvalue weighted by atomic mass is 9.80. The molecule has 0 saturated carbocycles. The van der Waals surface area contributed by atoms with Gasteiger partial charge in [0.15, 0.2) is 0 Å². The summed E-state index contributed by atoms with van der Waals surface area (Å²) in [5.74, 6) is -0.127. The van der Waals surface area contributed by atoms with Crippen molar-refractivity contribution >= 4 is 17.3 Å². The monoisotopic (exact) mass is 280 g/mol. The molecule has 2 rings (SSSR count). The van der Waals surface area contributed by atoms with E-state index in [1.54, 1.807) is 11.3 Å². The van der Waals surface area contributed by atoms with Crippen LogP contribution >= 0.6 is 11.3 Å². The summed E-state index contributed by atoms with van der Waals surface area (Å²) in [6.07, 6.45) is 3.20. The minimum atomic E-state index is -0.579. The summed E-state index contributed by atoms with van der Waals surface area (Å²) in [5.41, 5.74) is 0.722. The van der Waals surface area contributed by atoms with Crippen molar-refractivity contribution in [2.45, 2.75) is 45.6 Å². The Hall–Kier alpha value is -1.29. The van der Waals surface area contributed by atoms with Crippen molar-refractivity contribution in [3.05, 3.63) is 33.7 Å². The molecule has 0 aliphatic carbocycles. The van der Waals surface area contributed by atoms with Gasteiger partial charge in [0.1, 0.15) is 11.4 Å². The van der Waals surface area contributed by atoms with Crippen molar-refractivity contribution in [2.75, 3.05) is 0 Å². The van der Waals surface area contributed by atoms with E-state index < -0.39 is 11.6 Å². The predicted octanol–water partition coefficient (Wildman–Crippen LogP) is 3.77. The summed E-state index contributed by atoms with van der Waals surface area (Å²) in [7, 11) is 0. The summed E-state index contributed by atoms with van der Waals surface area (Å²) in [5, 5.41) is 11.8. The van der Waals surface area contributed by atoms with Gasteiger partial charge in [-0.25, -0.2) is 4.79 Å². The number of carbonyl (C=O) groups excluding carboxylic acids is 1. The third kappa shape index (κ3) is 3.00. The highest BCUT2D eigenvalue weighted by Gasteiger charge is 2.41. The molecule has 0 radical (unpaired) electrons. The number of thiophene rings is 1. The van der Waals surface area contributed by atoms with Gasteiger partial charge in [-0.2, -0.15) is 0 Å². The maximum atomic E-state index is 11.6. The number of cyclic esters (lactones) is 1. The van der Waals surface area contributed by atoms with Crippen LogP contribution in [0.4, 0.5) is 0 Å². The van der Waals surface area contributed by atoms with Crippen molar-refractivity contribution in [3.8, 4) is 0 Å². The van der Waals surface area contributed by atoms with Crippen molar-refractivity contribution in [3.63, 3.8) is 0 Å². The van der Waals surface area contributed by atoms with E-state index in [0.717, 1.165) is 12.8 Å². The molecule has 1 aliphatic heterocycles. The highest BCUT2D eigenvalue weighted by molar-refractivity contribution is 7.10. The number of rotatable bonds is 4. The molecule has 0 fully saturated rings. The van der Waals surface area contributed by atoms with Gasteiger partial charge in [0.2, 0.25) is 0 Å². The van der Waals surface area contributed by atoms with Crippen molar-refractivity contribution in [1.29, 1.82) is 0 Å². The van der Waals surface area contributed by atoms with E-state index in [1.165, 1.54) is 16.5 Å². The van der Waals surface area contributed by atoms with Gasteiger partial charge < -0.3 is 9.84 Å². The first-order valence-corrected chi connectivity index (χ1v) is 7.46. The molecule has 1 N–H and O–H groups in total. The van der Waals surface area contributed by atoms with E-state index in [1.807, 2.05) is 13.8 Å². The third-order valence-corrected chi connectivity index (χ3v) is 4.79. The summed E-state index contributed by atoms with van der Waals surface area (Å²) >= 11 is 1.73. The second kappa shape index (κ2) is 5.37. The van der Waals surface area contributed by atoms with Crippen LogP contribution in [0.15, 0.2) is 23.3 Å². The second-order valence-corrected chi connectivity index (χ2v) is 6.58. The molecule has 1 aromatic rings. The second-order valence-electron chi connectivity index (χ2n) is 5.46. The lowest BCUT2D eigenvalue weighted by molar-refractivity contribution is -0.163. The Morgan fingerprint density at radius 3 is 2.79 bits per heavy atom. The van der Waals surface area contributed by atoms with Gasteiger partial charge in [0.25, 0.3) is 0 Å². The van der Waals surface area contributed by atoms with Gasteiger partial charge in [-0.15, -0.1) is 11.3 Å². The normalized spacial score (nSPS) is 23.4. The average molecular weight is 280 g/mol. The van der Waals surface area contributed by atoms with Crippen LogP contribution in [0.1, 0.15) is 37.1 Å². The van der Waals surface area contributed by atoms with Gasteiger partial charge in [-0.3, -0.25) is 0 Å². The largest absolute Gasteiger partial charge is 0.512 e. The van der Waals surface area contributed by atoms with Crippen LogP contribution in [-0.4, -0.2) is 16.7 Å². The zero-order valence-corrected chi connectivity index (χ0v) is 12.4. The highest BCUT2D eigenvalue weighted by atomic mass is 32.1. The Kier molecular flexibility index (Phi) is 3.99. The topological polar surface area (TPSA) is 46.5 Å². The van der Waals surface area contributed by atoms with Crippen LogP contribution in [-0.2, 0) is 16.0 Å². The van der Waals surface area contributed by atoms with Crippen LogP contribution < -0.4 is 0 Å². The Labute approximate surface area is 117 Å². The molecule has 2 heterocycles. The van der Waals surface area contributed by atoms with Crippen molar-refractivity contribution in [1.82, 2.24) is 0 Å². The van der Waals surface area contributed by atoms with Gasteiger partial charge in [-0.1, -0.05) is 13.8 Å². The molecule has 0 amide bonds. The van der Waals surface area contributed by atoms with E-state index in [9.17, 15) is 9.90 Å². The number of ether oxygens (including phenoxy) is 1. The maximum Gasteiger partial charge on any atom is 0.334 e. The summed E-state index contributed by atoms with van der Waals surface area (Å²) in [4.78, 5) is 12.9. The number of esters is 1. The van der Waals surface area contributed by atoms with Crippen molar-refractivity contribution < 1.29 is 14.6 Å². The first-order chi connectivity index (χ1) is 8.93. The van der Waals surface area contributed by atoms with Gasteiger partial charge >= 0.3 is 5.97 Å². The zero-order valence-electron chi connectivity index (χ0n) is 11.6. The summed E-state index contributed by atoms with van der Waals surface area (Å²) < 4.78 is 5.57.